The lowest BCUT2D eigenvalue weighted by molar-refractivity contribution is 0.620. The Kier molecular flexibility index (Phi) is 4.27. The van der Waals surface area contributed by atoms with Gasteiger partial charge in [0.1, 0.15) is 11.6 Å². The van der Waals surface area contributed by atoms with Gasteiger partial charge >= 0.3 is 0 Å². The summed E-state index contributed by atoms with van der Waals surface area (Å²) in [5.74, 6) is -0.584. The molecular weight excluding hydrogens is 244 g/mol. The molecule has 1 nitrogen and oxygen atoms in total. The molecular formula is C16H17F2N. The number of aryl methyl sites for hydroxylation is 1. The second-order valence-electron chi connectivity index (χ2n) is 4.57. The number of hydrogen-bond donors (Lipinski definition) is 1. The van der Waals surface area contributed by atoms with Crippen molar-refractivity contribution in [1.29, 1.82) is 0 Å². The Balaban J connectivity index is 2.51. The van der Waals surface area contributed by atoms with Gasteiger partial charge in [-0.1, -0.05) is 24.6 Å². The van der Waals surface area contributed by atoms with Crippen LogP contribution in [0.5, 0.6) is 0 Å². The molecule has 3 heteroatoms. The van der Waals surface area contributed by atoms with Gasteiger partial charge in [-0.15, -0.1) is 0 Å². The monoisotopic (exact) mass is 261 g/mol. The standard InChI is InChI=1S/C16H17F2N/c1-3-19-10-12-9-13(17)5-6-14(12)15-8-11(2)4-7-16(15)18/h4-9,19H,3,10H2,1-2H3. The van der Waals surface area contributed by atoms with E-state index in [4.69, 9.17) is 0 Å². The van der Waals surface area contributed by atoms with Crippen molar-refractivity contribution in [2.75, 3.05) is 6.54 Å². The SMILES string of the molecule is CCNCc1cc(F)ccc1-c1cc(C)ccc1F. The highest BCUT2D eigenvalue weighted by molar-refractivity contribution is 5.68. The zero-order chi connectivity index (χ0) is 13.8. The minimum Gasteiger partial charge on any atom is -0.313 e. The first-order chi connectivity index (χ1) is 9.11. The molecule has 2 rings (SSSR count). The van der Waals surface area contributed by atoms with E-state index in [-0.39, 0.29) is 11.6 Å². The summed E-state index contributed by atoms with van der Waals surface area (Å²) in [4.78, 5) is 0. The van der Waals surface area contributed by atoms with Gasteiger partial charge in [0.25, 0.3) is 0 Å². The summed E-state index contributed by atoms with van der Waals surface area (Å²) in [7, 11) is 0. The van der Waals surface area contributed by atoms with Gasteiger partial charge in [-0.05, 0) is 48.9 Å². The third kappa shape index (κ3) is 3.18. The van der Waals surface area contributed by atoms with E-state index in [2.05, 4.69) is 5.32 Å². The van der Waals surface area contributed by atoms with Gasteiger partial charge < -0.3 is 5.32 Å². The van der Waals surface area contributed by atoms with Crippen LogP contribution in [0.4, 0.5) is 8.78 Å². The van der Waals surface area contributed by atoms with E-state index in [1.165, 1.54) is 18.2 Å². The fourth-order valence-corrected chi connectivity index (χ4v) is 2.08. The Morgan fingerprint density at radius 1 is 1.00 bits per heavy atom. The molecule has 0 aliphatic heterocycles. The molecule has 0 heterocycles. The maximum absolute atomic E-state index is 13.9. The maximum atomic E-state index is 13.9. The van der Waals surface area contributed by atoms with Gasteiger partial charge in [0.15, 0.2) is 0 Å². The van der Waals surface area contributed by atoms with Crippen molar-refractivity contribution < 1.29 is 8.78 Å². The van der Waals surface area contributed by atoms with Crippen LogP contribution < -0.4 is 5.32 Å². The third-order valence-electron chi connectivity index (χ3n) is 3.04. The average Bonchev–Trinajstić information content (AvgIpc) is 2.39. The van der Waals surface area contributed by atoms with E-state index in [1.807, 2.05) is 13.8 Å². The maximum Gasteiger partial charge on any atom is 0.131 e. The normalized spacial score (nSPS) is 10.7. The smallest absolute Gasteiger partial charge is 0.131 e. The van der Waals surface area contributed by atoms with Gasteiger partial charge in [0.05, 0.1) is 0 Å². The fraction of sp³-hybridized carbons (Fsp3) is 0.250. The van der Waals surface area contributed by atoms with Gasteiger partial charge in [0, 0.05) is 12.1 Å². The molecule has 0 aliphatic rings. The van der Waals surface area contributed by atoms with Crippen LogP contribution in [0.25, 0.3) is 11.1 Å². The van der Waals surface area contributed by atoms with Crippen molar-refractivity contribution in [1.82, 2.24) is 5.32 Å². The average molecular weight is 261 g/mol. The molecule has 0 fully saturated rings. The molecule has 2 aromatic rings. The van der Waals surface area contributed by atoms with Crippen molar-refractivity contribution in [2.45, 2.75) is 20.4 Å². The predicted octanol–water partition coefficient (Wildman–Crippen LogP) is 4.05. The first kappa shape index (κ1) is 13.7. The van der Waals surface area contributed by atoms with Crippen molar-refractivity contribution >= 4 is 0 Å². The molecule has 100 valence electrons. The van der Waals surface area contributed by atoms with Gasteiger partial charge in [-0.3, -0.25) is 0 Å². The molecule has 0 atom stereocenters. The van der Waals surface area contributed by atoms with Crippen molar-refractivity contribution in [3.8, 4) is 11.1 Å². The number of rotatable bonds is 4. The van der Waals surface area contributed by atoms with E-state index in [1.54, 1.807) is 18.2 Å². The Morgan fingerprint density at radius 3 is 2.53 bits per heavy atom. The molecule has 2 aromatic carbocycles. The fourth-order valence-electron chi connectivity index (χ4n) is 2.08. The predicted molar refractivity (Wildman–Crippen MR) is 73.9 cm³/mol. The molecule has 0 aromatic heterocycles. The van der Waals surface area contributed by atoms with Gasteiger partial charge in [0.2, 0.25) is 0 Å². The molecule has 0 radical (unpaired) electrons. The summed E-state index contributed by atoms with van der Waals surface area (Å²) in [6.07, 6.45) is 0. The molecule has 1 N–H and O–H groups in total. The molecule has 0 saturated carbocycles. The van der Waals surface area contributed by atoms with E-state index < -0.39 is 0 Å². The second-order valence-corrected chi connectivity index (χ2v) is 4.57. The highest BCUT2D eigenvalue weighted by Gasteiger charge is 2.11. The first-order valence-electron chi connectivity index (χ1n) is 6.37. The zero-order valence-corrected chi connectivity index (χ0v) is 11.1. The number of benzene rings is 2. The minimum absolute atomic E-state index is 0.282. The lowest BCUT2D eigenvalue weighted by atomic mass is 9.97. The number of halogens is 2. The van der Waals surface area contributed by atoms with E-state index in [0.717, 1.165) is 23.2 Å². The zero-order valence-electron chi connectivity index (χ0n) is 11.1. The highest BCUT2D eigenvalue weighted by atomic mass is 19.1. The van der Waals surface area contributed by atoms with Crippen LogP contribution in [-0.2, 0) is 6.54 Å². The molecule has 0 unspecified atom stereocenters. The van der Waals surface area contributed by atoms with Crippen LogP contribution in [0.1, 0.15) is 18.1 Å². The van der Waals surface area contributed by atoms with E-state index in [0.29, 0.717) is 12.1 Å². The second kappa shape index (κ2) is 5.93. The molecule has 0 spiro atoms. The Labute approximate surface area is 112 Å². The van der Waals surface area contributed by atoms with Crippen LogP contribution in [0.15, 0.2) is 36.4 Å². The van der Waals surface area contributed by atoms with Gasteiger partial charge in [-0.2, -0.15) is 0 Å². The van der Waals surface area contributed by atoms with Crippen molar-refractivity contribution in [3.63, 3.8) is 0 Å². The topological polar surface area (TPSA) is 12.0 Å². The van der Waals surface area contributed by atoms with E-state index >= 15 is 0 Å². The van der Waals surface area contributed by atoms with Crippen LogP contribution in [0, 0.1) is 18.6 Å². The van der Waals surface area contributed by atoms with E-state index in [9.17, 15) is 8.78 Å². The van der Waals surface area contributed by atoms with Crippen molar-refractivity contribution in [2.24, 2.45) is 0 Å². The third-order valence-corrected chi connectivity index (χ3v) is 3.04. The summed E-state index contributed by atoms with van der Waals surface area (Å²) < 4.78 is 27.3. The molecule has 19 heavy (non-hydrogen) atoms. The number of hydrogen-bond acceptors (Lipinski definition) is 1. The summed E-state index contributed by atoms with van der Waals surface area (Å²) in [5.41, 5.74) is 3.01. The van der Waals surface area contributed by atoms with Crippen LogP contribution in [0.3, 0.4) is 0 Å². The lowest BCUT2D eigenvalue weighted by Gasteiger charge is -2.12. The Hall–Kier alpha value is -1.74. The largest absolute Gasteiger partial charge is 0.313 e. The summed E-state index contributed by atoms with van der Waals surface area (Å²) in [6, 6.07) is 9.43. The summed E-state index contributed by atoms with van der Waals surface area (Å²) in [5, 5.41) is 3.15. The lowest BCUT2D eigenvalue weighted by Crippen LogP contribution is -2.13. The molecule has 0 aliphatic carbocycles. The molecule has 0 bridgehead atoms. The number of nitrogens with one attached hydrogen (secondary N) is 1. The Morgan fingerprint density at radius 2 is 1.79 bits per heavy atom. The first-order valence-corrected chi connectivity index (χ1v) is 6.37. The molecule has 0 saturated heterocycles. The Bertz CT molecular complexity index is 579. The summed E-state index contributed by atoms with van der Waals surface area (Å²) >= 11 is 0. The minimum atomic E-state index is -0.301. The summed E-state index contributed by atoms with van der Waals surface area (Å²) in [6.45, 7) is 5.20. The highest BCUT2D eigenvalue weighted by Crippen LogP contribution is 2.28. The molecule has 0 amide bonds. The van der Waals surface area contributed by atoms with Gasteiger partial charge in [-0.25, -0.2) is 8.78 Å². The quantitative estimate of drug-likeness (QED) is 0.875. The van der Waals surface area contributed by atoms with Crippen molar-refractivity contribution in [3.05, 3.63) is 59.2 Å². The van der Waals surface area contributed by atoms with Crippen LogP contribution in [0.2, 0.25) is 0 Å². The van der Waals surface area contributed by atoms with Crippen LogP contribution >= 0.6 is 0 Å². The van der Waals surface area contributed by atoms with Crippen LogP contribution in [-0.4, -0.2) is 6.54 Å².